The number of anilines is 1. The number of fused-ring (bicyclic) bond motifs is 1. The summed E-state index contributed by atoms with van der Waals surface area (Å²) in [6.07, 6.45) is 2.41. The maximum Gasteiger partial charge on any atom is 0.274 e. The second-order valence-electron chi connectivity index (χ2n) is 5.33. The zero-order chi connectivity index (χ0) is 18.0. The monoisotopic (exact) mass is 359 g/mol. The van der Waals surface area contributed by atoms with Crippen LogP contribution in [0.15, 0.2) is 36.5 Å². The molecule has 3 rings (SSSR count). The Morgan fingerprint density at radius 3 is 2.64 bits per heavy atom. The molecule has 1 N–H and O–H groups in total. The van der Waals surface area contributed by atoms with E-state index in [9.17, 15) is 4.79 Å². The number of ether oxygens (including phenoxy) is 2. The van der Waals surface area contributed by atoms with Crippen molar-refractivity contribution in [3.63, 3.8) is 0 Å². The lowest BCUT2D eigenvalue weighted by Gasteiger charge is -2.09. The number of carbonyl (C=O) groups excluding carboxylic acids is 1. The number of methoxy groups -OCH3 is 2. The normalized spacial score (nSPS) is 10.7. The number of carbonyl (C=O) groups is 1. The third-order valence-corrected chi connectivity index (χ3v) is 4.16. The molecule has 0 saturated heterocycles. The Labute approximate surface area is 150 Å². The van der Waals surface area contributed by atoms with Crippen molar-refractivity contribution in [1.82, 2.24) is 9.38 Å². The van der Waals surface area contributed by atoms with Gasteiger partial charge in [-0.1, -0.05) is 18.5 Å². The molecular weight excluding hydrogens is 342 g/mol. The van der Waals surface area contributed by atoms with Crippen molar-refractivity contribution in [2.24, 2.45) is 0 Å². The van der Waals surface area contributed by atoms with Gasteiger partial charge in [0.25, 0.3) is 5.91 Å². The number of pyridine rings is 1. The fraction of sp³-hybridized carbons (Fsp3) is 0.222. The number of benzene rings is 1. The molecule has 0 bridgehead atoms. The van der Waals surface area contributed by atoms with Crippen molar-refractivity contribution >= 4 is 28.8 Å². The number of aryl methyl sites for hydroxylation is 1. The van der Waals surface area contributed by atoms with Crippen LogP contribution in [0.2, 0.25) is 5.02 Å². The van der Waals surface area contributed by atoms with E-state index < -0.39 is 0 Å². The summed E-state index contributed by atoms with van der Waals surface area (Å²) >= 11 is 6.12. The first kappa shape index (κ1) is 17.1. The van der Waals surface area contributed by atoms with E-state index in [0.717, 1.165) is 0 Å². The van der Waals surface area contributed by atoms with E-state index in [-0.39, 0.29) is 5.91 Å². The first-order chi connectivity index (χ1) is 12.1. The first-order valence-corrected chi connectivity index (χ1v) is 8.15. The van der Waals surface area contributed by atoms with Gasteiger partial charge in [0.1, 0.15) is 11.4 Å². The molecule has 0 unspecified atom stereocenters. The van der Waals surface area contributed by atoms with E-state index in [1.807, 2.05) is 19.1 Å². The summed E-state index contributed by atoms with van der Waals surface area (Å²) in [5, 5.41) is 3.29. The second-order valence-corrected chi connectivity index (χ2v) is 5.74. The minimum Gasteiger partial charge on any atom is -0.495 e. The summed E-state index contributed by atoms with van der Waals surface area (Å²) in [6, 6.07) is 8.71. The zero-order valence-electron chi connectivity index (χ0n) is 14.2. The van der Waals surface area contributed by atoms with Gasteiger partial charge in [-0.15, -0.1) is 0 Å². The SMILES string of the molecule is CCc1nc2c(OC)cccn2c1C(=O)Nc1ccc(OC)c(Cl)c1. The van der Waals surface area contributed by atoms with Gasteiger partial charge in [-0.3, -0.25) is 9.20 Å². The van der Waals surface area contributed by atoms with Gasteiger partial charge in [-0.2, -0.15) is 0 Å². The van der Waals surface area contributed by atoms with E-state index in [0.29, 0.717) is 45.7 Å². The third kappa shape index (κ3) is 3.13. The fourth-order valence-electron chi connectivity index (χ4n) is 2.67. The molecule has 0 aliphatic heterocycles. The lowest BCUT2D eigenvalue weighted by molar-refractivity contribution is 0.102. The average Bonchev–Trinajstić information content (AvgIpc) is 3.00. The standard InChI is InChI=1S/C18H18ClN3O3/c1-4-13-16(22-9-5-6-15(25-3)17(22)21-13)18(23)20-11-7-8-14(24-2)12(19)10-11/h5-10H,4H2,1-3H3,(H,20,23). The fourth-order valence-corrected chi connectivity index (χ4v) is 2.93. The summed E-state index contributed by atoms with van der Waals surface area (Å²) in [6.45, 7) is 1.95. The van der Waals surface area contributed by atoms with Crippen molar-refractivity contribution in [3.05, 3.63) is 52.9 Å². The minimum absolute atomic E-state index is 0.265. The molecule has 0 aliphatic carbocycles. The van der Waals surface area contributed by atoms with Crippen LogP contribution in [0, 0.1) is 0 Å². The predicted octanol–water partition coefficient (Wildman–Crippen LogP) is 3.82. The van der Waals surface area contributed by atoms with Gasteiger partial charge >= 0.3 is 0 Å². The number of imidazole rings is 1. The number of nitrogens with one attached hydrogen (secondary N) is 1. The number of nitrogens with zero attached hydrogens (tertiary/aromatic N) is 2. The molecule has 0 radical (unpaired) electrons. The van der Waals surface area contributed by atoms with Crippen LogP contribution in [0.5, 0.6) is 11.5 Å². The van der Waals surface area contributed by atoms with Gasteiger partial charge in [0, 0.05) is 11.9 Å². The van der Waals surface area contributed by atoms with Crippen molar-refractivity contribution < 1.29 is 14.3 Å². The molecule has 25 heavy (non-hydrogen) atoms. The Balaban J connectivity index is 2.00. The van der Waals surface area contributed by atoms with Gasteiger partial charge in [0.2, 0.25) is 0 Å². The largest absolute Gasteiger partial charge is 0.495 e. The topological polar surface area (TPSA) is 64.9 Å². The molecule has 0 spiro atoms. The quantitative estimate of drug-likeness (QED) is 0.752. The number of hydrogen-bond acceptors (Lipinski definition) is 4. The summed E-state index contributed by atoms with van der Waals surface area (Å²) in [5.41, 5.74) is 2.36. The van der Waals surface area contributed by atoms with Crippen LogP contribution in [0.3, 0.4) is 0 Å². The maximum absolute atomic E-state index is 12.8. The molecule has 2 heterocycles. The number of aromatic nitrogens is 2. The number of rotatable bonds is 5. The van der Waals surface area contributed by atoms with Crippen LogP contribution in [-0.4, -0.2) is 29.5 Å². The predicted molar refractivity (Wildman–Crippen MR) is 97.1 cm³/mol. The van der Waals surface area contributed by atoms with E-state index in [4.69, 9.17) is 21.1 Å². The average molecular weight is 360 g/mol. The van der Waals surface area contributed by atoms with Gasteiger partial charge in [-0.25, -0.2) is 4.98 Å². The lowest BCUT2D eigenvalue weighted by Crippen LogP contribution is -2.16. The molecule has 1 amide bonds. The van der Waals surface area contributed by atoms with Crippen LogP contribution in [0.1, 0.15) is 23.1 Å². The van der Waals surface area contributed by atoms with E-state index >= 15 is 0 Å². The van der Waals surface area contributed by atoms with Gasteiger partial charge in [0.05, 0.1) is 24.9 Å². The molecule has 0 saturated carbocycles. The van der Waals surface area contributed by atoms with Gasteiger partial charge in [0.15, 0.2) is 11.4 Å². The lowest BCUT2D eigenvalue weighted by atomic mass is 10.2. The highest BCUT2D eigenvalue weighted by atomic mass is 35.5. The minimum atomic E-state index is -0.265. The highest BCUT2D eigenvalue weighted by Gasteiger charge is 2.20. The number of hydrogen-bond donors (Lipinski definition) is 1. The molecule has 0 fully saturated rings. The Hall–Kier alpha value is -2.73. The highest BCUT2D eigenvalue weighted by Crippen LogP contribution is 2.28. The van der Waals surface area contributed by atoms with Crippen LogP contribution < -0.4 is 14.8 Å². The highest BCUT2D eigenvalue weighted by molar-refractivity contribution is 6.32. The van der Waals surface area contributed by atoms with Crippen molar-refractivity contribution in [2.45, 2.75) is 13.3 Å². The summed E-state index contributed by atoms with van der Waals surface area (Å²) in [4.78, 5) is 17.4. The van der Waals surface area contributed by atoms with Crippen LogP contribution >= 0.6 is 11.6 Å². The van der Waals surface area contributed by atoms with Gasteiger partial charge < -0.3 is 14.8 Å². The molecule has 130 valence electrons. The first-order valence-electron chi connectivity index (χ1n) is 7.77. The number of halogens is 1. The Morgan fingerprint density at radius 1 is 1.24 bits per heavy atom. The van der Waals surface area contributed by atoms with Crippen molar-refractivity contribution in [3.8, 4) is 11.5 Å². The van der Waals surface area contributed by atoms with Crippen LogP contribution in [-0.2, 0) is 6.42 Å². The van der Waals surface area contributed by atoms with E-state index in [1.165, 1.54) is 0 Å². The molecular formula is C18H18ClN3O3. The summed E-state index contributed by atoms with van der Waals surface area (Å²) in [7, 11) is 3.12. The molecule has 3 aromatic rings. The van der Waals surface area contributed by atoms with Crippen molar-refractivity contribution in [2.75, 3.05) is 19.5 Å². The van der Waals surface area contributed by atoms with Gasteiger partial charge in [-0.05, 0) is 36.8 Å². The number of amides is 1. The molecule has 0 atom stereocenters. The second kappa shape index (κ2) is 7.03. The Morgan fingerprint density at radius 2 is 2.00 bits per heavy atom. The van der Waals surface area contributed by atoms with E-state index in [2.05, 4.69) is 10.3 Å². The third-order valence-electron chi connectivity index (χ3n) is 3.87. The molecule has 6 nitrogen and oxygen atoms in total. The molecule has 2 aromatic heterocycles. The Kier molecular flexibility index (Phi) is 4.81. The van der Waals surface area contributed by atoms with E-state index in [1.54, 1.807) is 43.0 Å². The zero-order valence-corrected chi connectivity index (χ0v) is 14.9. The maximum atomic E-state index is 12.8. The Bertz CT molecular complexity index is 937. The van der Waals surface area contributed by atoms with Crippen molar-refractivity contribution in [1.29, 1.82) is 0 Å². The molecule has 0 aliphatic rings. The summed E-state index contributed by atoms with van der Waals surface area (Å²) < 4.78 is 12.2. The molecule has 7 heteroatoms. The van der Waals surface area contributed by atoms with Crippen LogP contribution in [0.25, 0.3) is 5.65 Å². The van der Waals surface area contributed by atoms with Crippen LogP contribution in [0.4, 0.5) is 5.69 Å². The smallest absolute Gasteiger partial charge is 0.274 e. The summed E-state index contributed by atoms with van der Waals surface area (Å²) in [5.74, 6) is 0.899. The molecule has 1 aromatic carbocycles.